The van der Waals surface area contributed by atoms with Gasteiger partial charge in [0.05, 0.1) is 12.2 Å². The number of aryl methyl sites for hydroxylation is 1. The molecule has 32 heavy (non-hydrogen) atoms. The van der Waals surface area contributed by atoms with Gasteiger partial charge in [0.25, 0.3) is 5.91 Å². The van der Waals surface area contributed by atoms with E-state index in [9.17, 15) is 4.79 Å². The molecular weight excluding hydrogens is 398 g/mol. The number of nitrogens with one attached hydrogen (secondary N) is 1. The molecule has 5 heteroatoms. The standard InChI is InChI=1S/C27H33N3O2/c1-2-30-18-21(23-9-3-5-11-25(23)30)17-29-15-7-8-20(16-29)19-32-26-12-6-4-10-24(26)27(31)28-22-13-14-22/h3-6,9-12,18,20,22H,2,7-8,13-17,19H2,1H3,(H,28,31). The number of hydrogen-bond acceptors (Lipinski definition) is 3. The molecule has 5 nitrogen and oxygen atoms in total. The predicted octanol–water partition coefficient (Wildman–Crippen LogP) is 4.84. The Hall–Kier alpha value is -2.79. The second-order valence-electron chi connectivity index (χ2n) is 9.26. The Labute approximate surface area is 190 Å². The van der Waals surface area contributed by atoms with E-state index >= 15 is 0 Å². The molecule has 1 aliphatic carbocycles. The first-order chi connectivity index (χ1) is 15.7. The first-order valence-corrected chi connectivity index (χ1v) is 12.0. The van der Waals surface area contributed by atoms with Crippen LogP contribution in [0.4, 0.5) is 0 Å². The summed E-state index contributed by atoms with van der Waals surface area (Å²) in [7, 11) is 0. The molecule has 1 atom stereocenters. The molecule has 1 saturated carbocycles. The van der Waals surface area contributed by atoms with Crippen molar-refractivity contribution < 1.29 is 9.53 Å². The highest BCUT2D eigenvalue weighted by molar-refractivity contribution is 5.97. The zero-order valence-corrected chi connectivity index (χ0v) is 18.9. The van der Waals surface area contributed by atoms with Crippen molar-refractivity contribution in [2.45, 2.75) is 51.7 Å². The van der Waals surface area contributed by atoms with Crippen LogP contribution in [-0.2, 0) is 13.1 Å². The summed E-state index contributed by atoms with van der Waals surface area (Å²) in [5, 5.41) is 4.44. The van der Waals surface area contributed by atoms with Crippen LogP contribution in [0, 0.1) is 5.92 Å². The summed E-state index contributed by atoms with van der Waals surface area (Å²) >= 11 is 0. The predicted molar refractivity (Wildman–Crippen MR) is 128 cm³/mol. The molecule has 5 rings (SSSR count). The number of nitrogens with zero attached hydrogens (tertiary/aromatic N) is 2. The van der Waals surface area contributed by atoms with Gasteiger partial charge in [0.15, 0.2) is 0 Å². The molecular formula is C27H33N3O2. The zero-order chi connectivity index (χ0) is 21.9. The Bertz CT molecular complexity index is 1090. The number of fused-ring (bicyclic) bond motifs is 1. The molecule has 2 fully saturated rings. The summed E-state index contributed by atoms with van der Waals surface area (Å²) in [5.74, 6) is 1.16. The van der Waals surface area contributed by atoms with Crippen molar-refractivity contribution in [1.29, 1.82) is 0 Å². The Morgan fingerprint density at radius 3 is 2.75 bits per heavy atom. The SMILES string of the molecule is CCn1cc(CN2CCCC(COc3ccccc3C(=O)NC3CC3)C2)c2ccccc21. The Balaban J connectivity index is 1.22. The third kappa shape index (κ3) is 4.68. The number of amides is 1. The van der Waals surface area contributed by atoms with Crippen molar-refractivity contribution in [3.63, 3.8) is 0 Å². The van der Waals surface area contributed by atoms with Gasteiger partial charge in [-0.25, -0.2) is 0 Å². The average Bonchev–Trinajstić information content (AvgIpc) is 3.58. The minimum atomic E-state index is -0.0133. The van der Waals surface area contributed by atoms with Crippen molar-refractivity contribution in [3.8, 4) is 5.75 Å². The van der Waals surface area contributed by atoms with Gasteiger partial charge in [0.2, 0.25) is 0 Å². The molecule has 3 aromatic rings. The second-order valence-corrected chi connectivity index (χ2v) is 9.26. The van der Waals surface area contributed by atoms with Crippen LogP contribution in [0.1, 0.15) is 48.5 Å². The topological polar surface area (TPSA) is 46.5 Å². The largest absolute Gasteiger partial charge is 0.492 e. The lowest BCUT2D eigenvalue weighted by Crippen LogP contribution is -2.37. The molecule has 1 aliphatic heterocycles. The fraction of sp³-hybridized carbons (Fsp3) is 0.444. The normalized spacial score (nSPS) is 19.2. The van der Waals surface area contributed by atoms with Gasteiger partial charge < -0.3 is 14.6 Å². The van der Waals surface area contributed by atoms with Crippen molar-refractivity contribution in [2.24, 2.45) is 5.92 Å². The molecule has 2 heterocycles. The number of carbonyl (C=O) groups excluding carboxylic acids is 1. The maximum atomic E-state index is 12.6. The van der Waals surface area contributed by atoms with E-state index in [-0.39, 0.29) is 5.91 Å². The molecule has 1 N–H and O–H groups in total. The summed E-state index contributed by atoms with van der Waals surface area (Å²) in [6, 6.07) is 16.7. The lowest BCUT2D eigenvalue weighted by Gasteiger charge is -2.32. The molecule has 2 aromatic carbocycles. The summed E-state index contributed by atoms with van der Waals surface area (Å²) in [6.45, 7) is 6.98. The monoisotopic (exact) mass is 431 g/mol. The minimum Gasteiger partial charge on any atom is -0.492 e. The Kier molecular flexibility index (Phi) is 6.17. The quantitative estimate of drug-likeness (QED) is 0.555. The molecule has 0 radical (unpaired) electrons. The van der Waals surface area contributed by atoms with Crippen LogP contribution in [-0.4, -0.2) is 41.1 Å². The summed E-state index contributed by atoms with van der Waals surface area (Å²) in [6.07, 6.45) is 6.85. The van der Waals surface area contributed by atoms with E-state index < -0.39 is 0 Å². The van der Waals surface area contributed by atoms with Crippen molar-refractivity contribution >= 4 is 16.8 Å². The van der Waals surface area contributed by atoms with Gasteiger partial charge in [-0.2, -0.15) is 0 Å². The van der Waals surface area contributed by atoms with Gasteiger partial charge in [-0.05, 0) is 62.9 Å². The first-order valence-electron chi connectivity index (χ1n) is 12.0. The summed E-state index contributed by atoms with van der Waals surface area (Å²) in [5.41, 5.74) is 3.38. The number of benzene rings is 2. The Morgan fingerprint density at radius 2 is 1.91 bits per heavy atom. The highest BCUT2D eigenvalue weighted by Gasteiger charge is 2.26. The third-order valence-electron chi connectivity index (χ3n) is 6.73. The fourth-order valence-corrected chi connectivity index (χ4v) is 4.86. The van der Waals surface area contributed by atoms with Crippen LogP contribution >= 0.6 is 0 Å². The summed E-state index contributed by atoms with van der Waals surface area (Å²) < 4.78 is 8.54. The highest BCUT2D eigenvalue weighted by Crippen LogP contribution is 2.27. The van der Waals surface area contributed by atoms with E-state index in [0.717, 1.165) is 39.0 Å². The van der Waals surface area contributed by atoms with Crippen LogP contribution < -0.4 is 10.1 Å². The number of hydrogen-bond donors (Lipinski definition) is 1. The number of piperidine rings is 1. The number of carbonyl (C=O) groups is 1. The highest BCUT2D eigenvalue weighted by atomic mass is 16.5. The van der Waals surface area contributed by atoms with Crippen LogP contribution in [0.3, 0.4) is 0 Å². The van der Waals surface area contributed by atoms with Gasteiger partial charge in [-0.1, -0.05) is 30.3 Å². The van der Waals surface area contributed by atoms with Crippen LogP contribution in [0.2, 0.25) is 0 Å². The van der Waals surface area contributed by atoms with Crippen LogP contribution in [0.5, 0.6) is 5.75 Å². The van der Waals surface area contributed by atoms with Gasteiger partial charge in [-0.15, -0.1) is 0 Å². The molecule has 1 amide bonds. The number of aromatic nitrogens is 1. The van der Waals surface area contributed by atoms with E-state index in [2.05, 4.69) is 52.2 Å². The maximum absolute atomic E-state index is 12.6. The van der Waals surface area contributed by atoms with Gasteiger partial charge in [0.1, 0.15) is 5.75 Å². The first kappa shape index (κ1) is 21.1. The van der Waals surface area contributed by atoms with Crippen LogP contribution in [0.15, 0.2) is 54.7 Å². The molecule has 168 valence electrons. The smallest absolute Gasteiger partial charge is 0.255 e. The third-order valence-corrected chi connectivity index (χ3v) is 6.73. The average molecular weight is 432 g/mol. The van der Waals surface area contributed by atoms with Crippen molar-refractivity contribution in [1.82, 2.24) is 14.8 Å². The number of ether oxygens (including phenoxy) is 1. The van der Waals surface area contributed by atoms with Crippen molar-refractivity contribution in [3.05, 3.63) is 65.9 Å². The van der Waals surface area contributed by atoms with E-state index in [0.29, 0.717) is 29.9 Å². The lowest BCUT2D eigenvalue weighted by atomic mass is 9.98. The van der Waals surface area contributed by atoms with Gasteiger partial charge in [0, 0.05) is 48.7 Å². The minimum absolute atomic E-state index is 0.0133. The van der Waals surface area contributed by atoms with Crippen LogP contribution in [0.25, 0.3) is 10.9 Å². The summed E-state index contributed by atoms with van der Waals surface area (Å²) in [4.78, 5) is 15.1. The zero-order valence-electron chi connectivity index (χ0n) is 18.9. The number of likely N-dealkylation sites (tertiary alicyclic amines) is 1. The Morgan fingerprint density at radius 1 is 1.09 bits per heavy atom. The molecule has 1 unspecified atom stereocenters. The molecule has 0 bridgehead atoms. The second kappa shape index (κ2) is 9.37. The van der Waals surface area contributed by atoms with Gasteiger partial charge >= 0.3 is 0 Å². The van der Waals surface area contributed by atoms with Crippen molar-refractivity contribution in [2.75, 3.05) is 19.7 Å². The van der Waals surface area contributed by atoms with E-state index in [1.165, 1.54) is 29.3 Å². The molecule has 1 saturated heterocycles. The van der Waals surface area contributed by atoms with Gasteiger partial charge in [-0.3, -0.25) is 9.69 Å². The fourth-order valence-electron chi connectivity index (χ4n) is 4.86. The molecule has 0 spiro atoms. The molecule has 2 aliphatic rings. The van der Waals surface area contributed by atoms with E-state index in [1.807, 2.05) is 24.3 Å². The molecule has 1 aromatic heterocycles. The number of para-hydroxylation sites is 2. The van der Waals surface area contributed by atoms with E-state index in [1.54, 1.807) is 0 Å². The number of rotatable bonds is 8. The lowest BCUT2D eigenvalue weighted by molar-refractivity contribution is 0.0940. The van der Waals surface area contributed by atoms with E-state index in [4.69, 9.17) is 4.74 Å². The maximum Gasteiger partial charge on any atom is 0.255 e.